The van der Waals surface area contributed by atoms with Crippen LogP contribution in [0.2, 0.25) is 0 Å². The molecule has 0 saturated heterocycles. The van der Waals surface area contributed by atoms with Gasteiger partial charge >= 0.3 is 0 Å². The molecule has 0 spiro atoms. The summed E-state index contributed by atoms with van der Waals surface area (Å²) in [5.41, 5.74) is 5.85. The third-order valence-corrected chi connectivity index (χ3v) is 6.69. The summed E-state index contributed by atoms with van der Waals surface area (Å²) < 4.78 is 13.7. The maximum Gasteiger partial charge on any atom is 0.0575 e. The highest BCUT2D eigenvalue weighted by Gasteiger charge is 2.33. The molecule has 0 aromatic heterocycles. The molecule has 1 aromatic rings. The highest BCUT2D eigenvalue weighted by Crippen LogP contribution is 2.35. The fourth-order valence-corrected chi connectivity index (χ4v) is 5.36. The Morgan fingerprint density at radius 2 is 2.11 bits per heavy atom. The molecule has 2 N–H and O–H groups in total. The maximum atomic E-state index is 12.8. The summed E-state index contributed by atoms with van der Waals surface area (Å²) in [5.74, 6) is 1.05. The van der Waals surface area contributed by atoms with Gasteiger partial charge in [0.25, 0.3) is 0 Å². The van der Waals surface area contributed by atoms with Crippen molar-refractivity contribution in [2.24, 2.45) is 17.6 Å². The van der Waals surface area contributed by atoms with Crippen LogP contribution in [0.1, 0.15) is 26.2 Å². The van der Waals surface area contributed by atoms with Crippen LogP contribution in [-0.4, -0.2) is 16.0 Å². The number of nitrogens with two attached hydrogens (primary N) is 1. The Labute approximate surface area is 120 Å². The summed E-state index contributed by atoms with van der Waals surface area (Å²) in [5, 5.41) is 0.206. The van der Waals surface area contributed by atoms with Crippen molar-refractivity contribution in [1.29, 1.82) is 0 Å². The van der Waals surface area contributed by atoms with Crippen molar-refractivity contribution in [3.05, 3.63) is 28.7 Å². The van der Waals surface area contributed by atoms with E-state index >= 15 is 0 Å². The van der Waals surface area contributed by atoms with Gasteiger partial charge in [0, 0.05) is 9.72 Å². The number of rotatable bonds is 3. The molecule has 1 aromatic carbocycles. The van der Waals surface area contributed by atoms with E-state index in [2.05, 4.69) is 22.9 Å². The number of benzene rings is 1. The zero-order valence-electron chi connectivity index (χ0n) is 10.6. The normalized spacial score (nSPS) is 30.1. The summed E-state index contributed by atoms with van der Waals surface area (Å²) in [6.07, 6.45) is 3.35. The first kappa shape index (κ1) is 14.2. The summed E-state index contributed by atoms with van der Waals surface area (Å²) in [6, 6.07) is 7.81. The Morgan fingerprint density at radius 1 is 1.39 bits per heavy atom. The van der Waals surface area contributed by atoms with E-state index in [9.17, 15) is 4.21 Å². The molecule has 0 radical (unpaired) electrons. The lowest BCUT2D eigenvalue weighted by Crippen LogP contribution is -2.36. The lowest BCUT2D eigenvalue weighted by Gasteiger charge is -2.33. The largest absolute Gasteiger partial charge is 0.330 e. The van der Waals surface area contributed by atoms with Crippen LogP contribution < -0.4 is 5.73 Å². The number of hydrogen-bond acceptors (Lipinski definition) is 2. The minimum atomic E-state index is -0.959. The highest BCUT2D eigenvalue weighted by atomic mass is 79.9. The molecule has 0 heterocycles. The van der Waals surface area contributed by atoms with Gasteiger partial charge in [-0.3, -0.25) is 4.21 Å². The maximum absolute atomic E-state index is 12.8. The van der Waals surface area contributed by atoms with Crippen LogP contribution in [0.25, 0.3) is 0 Å². The molecule has 0 amide bonds. The SMILES string of the molecule is CC1CCC(CN)C(S(=O)c2ccccc2Br)C1. The van der Waals surface area contributed by atoms with Gasteiger partial charge in [0.1, 0.15) is 0 Å². The van der Waals surface area contributed by atoms with Gasteiger partial charge in [0.05, 0.1) is 15.7 Å². The molecule has 0 aliphatic heterocycles. The molecule has 0 bridgehead atoms. The molecule has 1 aliphatic carbocycles. The predicted molar refractivity (Wildman–Crippen MR) is 79.9 cm³/mol. The second kappa shape index (κ2) is 6.31. The van der Waals surface area contributed by atoms with Crippen LogP contribution in [0.3, 0.4) is 0 Å². The van der Waals surface area contributed by atoms with Crippen molar-refractivity contribution in [2.75, 3.05) is 6.54 Å². The minimum absolute atomic E-state index is 0.206. The molecular weight excluding hydrogens is 310 g/mol. The van der Waals surface area contributed by atoms with Crippen molar-refractivity contribution in [2.45, 2.75) is 36.3 Å². The Morgan fingerprint density at radius 3 is 2.78 bits per heavy atom. The summed E-state index contributed by atoms with van der Waals surface area (Å²) in [4.78, 5) is 0.912. The second-order valence-electron chi connectivity index (χ2n) is 5.18. The van der Waals surface area contributed by atoms with Crippen LogP contribution in [0.4, 0.5) is 0 Å². The third kappa shape index (κ3) is 3.03. The topological polar surface area (TPSA) is 43.1 Å². The van der Waals surface area contributed by atoms with Crippen LogP contribution in [0.5, 0.6) is 0 Å². The van der Waals surface area contributed by atoms with Crippen LogP contribution >= 0.6 is 15.9 Å². The summed E-state index contributed by atoms with van der Waals surface area (Å²) in [7, 11) is -0.959. The lowest BCUT2D eigenvalue weighted by atomic mass is 9.82. The zero-order valence-corrected chi connectivity index (χ0v) is 13.0. The van der Waals surface area contributed by atoms with Crippen molar-refractivity contribution >= 4 is 26.7 Å². The van der Waals surface area contributed by atoms with Crippen LogP contribution in [-0.2, 0) is 10.8 Å². The minimum Gasteiger partial charge on any atom is -0.330 e. The fourth-order valence-electron chi connectivity index (χ4n) is 2.69. The Kier molecular flexibility index (Phi) is 4.98. The van der Waals surface area contributed by atoms with Crippen LogP contribution in [0, 0.1) is 11.8 Å². The summed E-state index contributed by atoms with van der Waals surface area (Å²) in [6.45, 7) is 2.89. The second-order valence-corrected chi connectivity index (χ2v) is 7.67. The van der Waals surface area contributed by atoms with Gasteiger partial charge in [0.15, 0.2) is 0 Å². The van der Waals surface area contributed by atoms with E-state index in [4.69, 9.17) is 5.73 Å². The molecule has 2 nitrogen and oxygen atoms in total. The third-order valence-electron chi connectivity index (χ3n) is 3.82. The van der Waals surface area contributed by atoms with Gasteiger partial charge in [-0.1, -0.05) is 25.5 Å². The van der Waals surface area contributed by atoms with Gasteiger partial charge in [-0.15, -0.1) is 0 Å². The molecule has 18 heavy (non-hydrogen) atoms. The van der Waals surface area contributed by atoms with E-state index in [1.54, 1.807) is 0 Å². The number of hydrogen-bond donors (Lipinski definition) is 1. The monoisotopic (exact) mass is 329 g/mol. The van der Waals surface area contributed by atoms with Crippen molar-refractivity contribution in [3.8, 4) is 0 Å². The van der Waals surface area contributed by atoms with E-state index in [1.165, 1.54) is 6.42 Å². The Balaban J connectivity index is 2.23. The van der Waals surface area contributed by atoms with E-state index in [1.807, 2.05) is 24.3 Å². The fraction of sp³-hybridized carbons (Fsp3) is 0.571. The molecule has 4 unspecified atom stereocenters. The first-order valence-electron chi connectivity index (χ1n) is 6.48. The smallest absolute Gasteiger partial charge is 0.0575 e. The van der Waals surface area contributed by atoms with Gasteiger partial charge in [-0.25, -0.2) is 0 Å². The van der Waals surface area contributed by atoms with Crippen molar-refractivity contribution in [1.82, 2.24) is 0 Å². The quantitative estimate of drug-likeness (QED) is 0.924. The molecule has 1 saturated carbocycles. The summed E-state index contributed by atoms with van der Waals surface area (Å²) >= 11 is 3.50. The molecular formula is C14H20BrNOS. The van der Waals surface area contributed by atoms with Crippen molar-refractivity contribution < 1.29 is 4.21 Å². The van der Waals surface area contributed by atoms with E-state index in [0.717, 1.165) is 22.2 Å². The average Bonchev–Trinajstić information content (AvgIpc) is 2.38. The van der Waals surface area contributed by atoms with Gasteiger partial charge in [0.2, 0.25) is 0 Å². The van der Waals surface area contributed by atoms with Crippen molar-refractivity contribution in [3.63, 3.8) is 0 Å². The average molecular weight is 330 g/mol. The first-order chi connectivity index (χ1) is 8.63. The standard InChI is InChI=1S/C14H20BrNOS/c1-10-6-7-11(9-16)14(8-10)18(17)13-5-3-2-4-12(13)15/h2-5,10-11,14H,6-9,16H2,1H3. The first-order valence-corrected chi connectivity index (χ1v) is 8.49. The Hall–Kier alpha value is -0.190. The lowest BCUT2D eigenvalue weighted by molar-refractivity contribution is 0.302. The van der Waals surface area contributed by atoms with E-state index < -0.39 is 10.8 Å². The molecule has 2 rings (SSSR count). The van der Waals surface area contributed by atoms with E-state index in [0.29, 0.717) is 18.4 Å². The van der Waals surface area contributed by atoms with Gasteiger partial charge in [-0.2, -0.15) is 0 Å². The number of halogens is 1. The molecule has 1 fully saturated rings. The molecule has 4 atom stereocenters. The highest BCUT2D eigenvalue weighted by molar-refractivity contribution is 9.10. The molecule has 100 valence electrons. The molecule has 1 aliphatic rings. The van der Waals surface area contributed by atoms with Gasteiger partial charge < -0.3 is 5.73 Å². The van der Waals surface area contributed by atoms with Crippen LogP contribution in [0.15, 0.2) is 33.6 Å². The Bertz CT molecular complexity index is 438. The van der Waals surface area contributed by atoms with Gasteiger partial charge in [-0.05, 0) is 59.3 Å². The van der Waals surface area contributed by atoms with E-state index in [-0.39, 0.29) is 5.25 Å². The predicted octanol–water partition coefficient (Wildman–Crippen LogP) is 3.32. The molecule has 4 heteroatoms. The zero-order chi connectivity index (χ0) is 13.1.